The largest absolute Gasteiger partial charge is 0.444 e. The van der Waals surface area contributed by atoms with Crippen molar-refractivity contribution in [1.29, 1.82) is 0 Å². The first-order valence-electron chi connectivity index (χ1n) is 12.5. The maximum atomic E-state index is 13.9. The Bertz CT molecular complexity index is 1090. The normalized spacial score (nSPS) is 13.8. The van der Waals surface area contributed by atoms with Gasteiger partial charge in [0.1, 0.15) is 17.7 Å². The van der Waals surface area contributed by atoms with Crippen LogP contribution in [0.25, 0.3) is 0 Å². The highest BCUT2D eigenvalue weighted by Crippen LogP contribution is 2.31. The van der Waals surface area contributed by atoms with Gasteiger partial charge in [0, 0.05) is 11.7 Å². The summed E-state index contributed by atoms with van der Waals surface area (Å²) in [7, 11) is 0. The Kier molecular flexibility index (Phi) is 9.68. The van der Waals surface area contributed by atoms with Gasteiger partial charge in [-0.3, -0.25) is 9.59 Å². The lowest BCUT2D eigenvalue weighted by Crippen LogP contribution is -2.54. The number of hydrogen-bond acceptors (Lipinski definition) is 4. The molecule has 0 saturated carbocycles. The van der Waals surface area contributed by atoms with Gasteiger partial charge in [-0.1, -0.05) is 43.3 Å². The molecule has 2 aromatic carbocycles. The van der Waals surface area contributed by atoms with E-state index in [9.17, 15) is 14.4 Å². The molecule has 0 aromatic heterocycles. The average Bonchev–Trinajstić information content (AvgIpc) is 2.78. The van der Waals surface area contributed by atoms with Crippen molar-refractivity contribution in [1.82, 2.24) is 10.2 Å². The zero-order valence-corrected chi connectivity index (χ0v) is 23.1. The van der Waals surface area contributed by atoms with Crippen molar-refractivity contribution in [3.05, 3.63) is 64.7 Å². The van der Waals surface area contributed by atoms with Crippen LogP contribution >= 0.6 is 0 Å². The van der Waals surface area contributed by atoms with Gasteiger partial charge in [-0.2, -0.15) is 0 Å². The molecule has 36 heavy (non-hydrogen) atoms. The fourth-order valence-electron chi connectivity index (χ4n) is 3.97. The molecule has 7 heteroatoms. The van der Waals surface area contributed by atoms with Gasteiger partial charge in [0.25, 0.3) is 5.91 Å². The molecule has 7 nitrogen and oxygen atoms in total. The van der Waals surface area contributed by atoms with Crippen molar-refractivity contribution in [2.75, 3.05) is 5.32 Å². The van der Waals surface area contributed by atoms with Crippen LogP contribution in [0.4, 0.5) is 10.5 Å². The number of rotatable bonds is 8. The second-order valence-electron chi connectivity index (χ2n) is 10.4. The molecule has 2 N–H and O–H groups in total. The summed E-state index contributed by atoms with van der Waals surface area (Å²) in [5.74, 6) is -0.669. The summed E-state index contributed by atoms with van der Waals surface area (Å²) in [6.07, 6.45) is -0.0516. The number of nitrogens with one attached hydrogen (secondary N) is 2. The van der Waals surface area contributed by atoms with Crippen LogP contribution < -0.4 is 10.6 Å². The van der Waals surface area contributed by atoms with Gasteiger partial charge in [0.15, 0.2) is 0 Å². The number of amides is 3. The summed E-state index contributed by atoms with van der Waals surface area (Å²) < 4.78 is 5.34. The van der Waals surface area contributed by atoms with Gasteiger partial charge in [-0.15, -0.1) is 0 Å². The van der Waals surface area contributed by atoms with Gasteiger partial charge in [-0.25, -0.2) is 4.79 Å². The number of carbonyl (C=O) groups excluding carboxylic acids is 3. The smallest absolute Gasteiger partial charge is 0.408 e. The standard InChI is InChI=1S/C29H41N3O4/c1-10-20(4)32(27(34)22(6)30-28(35)36-29(7,8)9)25(23-16-13-15-18(2)21(23)5)26(33)31-24-17-12-11-14-19(24)3/h11-17,20,22,25H,10H2,1-9H3,(H,30,35)(H,31,33). The van der Waals surface area contributed by atoms with Crippen LogP contribution in [0.2, 0.25) is 0 Å². The number of nitrogens with zero attached hydrogens (tertiary/aromatic N) is 1. The van der Waals surface area contributed by atoms with E-state index in [1.807, 2.05) is 77.1 Å². The molecule has 196 valence electrons. The Morgan fingerprint density at radius 2 is 1.56 bits per heavy atom. The van der Waals surface area contributed by atoms with Gasteiger partial charge in [-0.05, 0) is 90.1 Å². The molecule has 0 aliphatic rings. The quantitative estimate of drug-likeness (QED) is 0.482. The van der Waals surface area contributed by atoms with Gasteiger partial charge in [0.2, 0.25) is 5.91 Å². The topological polar surface area (TPSA) is 87.7 Å². The van der Waals surface area contributed by atoms with Crippen molar-refractivity contribution in [2.24, 2.45) is 0 Å². The van der Waals surface area contributed by atoms with E-state index in [0.29, 0.717) is 12.1 Å². The van der Waals surface area contributed by atoms with E-state index in [0.717, 1.165) is 22.3 Å². The molecular formula is C29H41N3O4. The van der Waals surface area contributed by atoms with Crippen LogP contribution in [-0.2, 0) is 14.3 Å². The summed E-state index contributed by atoms with van der Waals surface area (Å²) in [6.45, 7) is 16.6. The molecule has 0 aliphatic heterocycles. The first kappa shape index (κ1) is 28.9. The van der Waals surface area contributed by atoms with Gasteiger partial charge in [0.05, 0.1) is 0 Å². The van der Waals surface area contributed by atoms with Crippen molar-refractivity contribution in [3.8, 4) is 0 Å². The minimum atomic E-state index is -0.896. The molecule has 0 aliphatic carbocycles. The second-order valence-corrected chi connectivity index (χ2v) is 10.4. The zero-order chi connectivity index (χ0) is 27.2. The molecule has 0 heterocycles. The first-order valence-corrected chi connectivity index (χ1v) is 12.5. The van der Waals surface area contributed by atoms with E-state index in [1.54, 1.807) is 32.6 Å². The minimum absolute atomic E-state index is 0.270. The van der Waals surface area contributed by atoms with Crippen LogP contribution in [0, 0.1) is 20.8 Å². The van der Waals surface area contributed by atoms with Crippen LogP contribution in [0.1, 0.15) is 76.3 Å². The van der Waals surface area contributed by atoms with Gasteiger partial charge >= 0.3 is 6.09 Å². The lowest BCUT2D eigenvalue weighted by atomic mass is 9.93. The van der Waals surface area contributed by atoms with Crippen LogP contribution in [-0.4, -0.2) is 40.5 Å². The lowest BCUT2D eigenvalue weighted by Gasteiger charge is -2.38. The monoisotopic (exact) mass is 495 g/mol. The number of aryl methyl sites for hydroxylation is 2. The summed E-state index contributed by atoms with van der Waals surface area (Å²) in [5, 5.41) is 5.68. The fraction of sp³-hybridized carbons (Fsp3) is 0.483. The van der Waals surface area contributed by atoms with E-state index < -0.39 is 23.8 Å². The number of para-hydroxylation sites is 1. The van der Waals surface area contributed by atoms with Crippen LogP contribution in [0.3, 0.4) is 0 Å². The summed E-state index contributed by atoms with van der Waals surface area (Å²) in [6, 6.07) is 11.2. The Morgan fingerprint density at radius 1 is 0.944 bits per heavy atom. The summed E-state index contributed by atoms with van der Waals surface area (Å²) in [5.41, 5.74) is 3.63. The van der Waals surface area contributed by atoms with Crippen molar-refractivity contribution < 1.29 is 19.1 Å². The summed E-state index contributed by atoms with van der Waals surface area (Å²) in [4.78, 5) is 41.8. The molecule has 3 atom stereocenters. The third-order valence-corrected chi connectivity index (χ3v) is 6.29. The molecule has 3 amide bonds. The second kappa shape index (κ2) is 12.1. The maximum absolute atomic E-state index is 13.9. The molecule has 0 spiro atoms. The van der Waals surface area contributed by atoms with E-state index in [1.165, 1.54) is 0 Å². The first-order chi connectivity index (χ1) is 16.8. The number of anilines is 1. The van der Waals surface area contributed by atoms with E-state index in [2.05, 4.69) is 10.6 Å². The highest BCUT2D eigenvalue weighted by atomic mass is 16.6. The molecule has 3 unspecified atom stereocenters. The Hall–Kier alpha value is -3.35. The summed E-state index contributed by atoms with van der Waals surface area (Å²) >= 11 is 0. The SMILES string of the molecule is CCC(C)N(C(=O)C(C)NC(=O)OC(C)(C)C)C(C(=O)Nc1ccccc1C)c1cccc(C)c1C. The van der Waals surface area contributed by atoms with Crippen LogP contribution in [0.15, 0.2) is 42.5 Å². The number of alkyl carbamates (subject to hydrolysis) is 1. The molecular weight excluding hydrogens is 454 g/mol. The molecule has 0 bridgehead atoms. The highest BCUT2D eigenvalue weighted by molar-refractivity contribution is 5.99. The Morgan fingerprint density at radius 3 is 2.14 bits per heavy atom. The third kappa shape index (κ3) is 7.33. The molecule has 0 radical (unpaired) electrons. The molecule has 0 saturated heterocycles. The van der Waals surface area contributed by atoms with E-state index >= 15 is 0 Å². The number of carbonyl (C=O) groups is 3. The van der Waals surface area contributed by atoms with Crippen molar-refractivity contribution in [3.63, 3.8) is 0 Å². The predicted octanol–water partition coefficient (Wildman–Crippen LogP) is 5.83. The zero-order valence-electron chi connectivity index (χ0n) is 23.1. The number of ether oxygens (including phenoxy) is 1. The van der Waals surface area contributed by atoms with E-state index in [4.69, 9.17) is 4.74 Å². The molecule has 0 fully saturated rings. The Balaban J connectivity index is 2.53. The van der Waals surface area contributed by atoms with E-state index in [-0.39, 0.29) is 17.9 Å². The number of hydrogen-bond donors (Lipinski definition) is 2. The highest BCUT2D eigenvalue weighted by Gasteiger charge is 2.38. The van der Waals surface area contributed by atoms with Crippen LogP contribution in [0.5, 0.6) is 0 Å². The fourth-order valence-corrected chi connectivity index (χ4v) is 3.97. The molecule has 2 rings (SSSR count). The van der Waals surface area contributed by atoms with Crippen molar-refractivity contribution >= 4 is 23.6 Å². The minimum Gasteiger partial charge on any atom is -0.444 e. The maximum Gasteiger partial charge on any atom is 0.408 e. The molecule has 2 aromatic rings. The average molecular weight is 496 g/mol. The number of benzene rings is 2. The Labute approximate surface area is 215 Å². The predicted molar refractivity (Wildman–Crippen MR) is 144 cm³/mol. The lowest BCUT2D eigenvalue weighted by molar-refractivity contribution is -0.143. The van der Waals surface area contributed by atoms with Crippen molar-refractivity contribution in [2.45, 2.75) is 92.5 Å². The van der Waals surface area contributed by atoms with Gasteiger partial charge < -0.3 is 20.3 Å². The third-order valence-electron chi connectivity index (χ3n) is 6.29.